The average molecular weight is 483 g/mol. The summed E-state index contributed by atoms with van der Waals surface area (Å²) >= 11 is 5.69. The van der Waals surface area contributed by atoms with E-state index in [0.29, 0.717) is 5.75 Å². The first-order valence-electron chi connectivity index (χ1n) is 9.49. The van der Waals surface area contributed by atoms with Gasteiger partial charge in [-0.1, -0.05) is 23.7 Å². The lowest BCUT2D eigenvalue weighted by Gasteiger charge is -2.12. The predicted molar refractivity (Wildman–Crippen MR) is 115 cm³/mol. The van der Waals surface area contributed by atoms with Crippen molar-refractivity contribution in [2.75, 3.05) is 5.32 Å². The van der Waals surface area contributed by atoms with Gasteiger partial charge in [0.25, 0.3) is 5.69 Å². The van der Waals surface area contributed by atoms with Crippen LogP contribution in [0, 0.1) is 30.9 Å². The maximum absolute atomic E-state index is 13.0. The second kappa shape index (κ2) is 9.10. The molecule has 0 atom stereocenters. The molecule has 0 spiro atoms. The molecule has 8 nitrogen and oxygen atoms in total. The SMILES string of the molecule is Cc1ccc(C)c(Oc2cc(NC(=O)Cn3nc(C(F)(F)F)c(Cl)c3C)cc([N+](=O)[O-])c2)c1. The first-order valence-corrected chi connectivity index (χ1v) is 9.87. The van der Waals surface area contributed by atoms with Gasteiger partial charge >= 0.3 is 6.18 Å². The highest BCUT2D eigenvalue weighted by atomic mass is 35.5. The average Bonchev–Trinajstić information content (AvgIpc) is 2.99. The van der Waals surface area contributed by atoms with E-state index in [2.05, 4.69) is 10.4 Å². The number of carbonyl (C=O) groups is 1. The number of benzene rings is 2. The molecule has 0 radical (unpaired) electrons. The quantitative estimate of drug-likeness (QED) is 0.352. The van der Waals surface area contributed by atoms with E-state index >= 15 is 0 Å². The summed E-state index contributed by atoms with van der Waals surface area (Å²) in [5.74, 6) is -0.177. The number of hydrogen-bond donors (Lipinski definition) is 1. The number of rotatable bonds is 6. The number of nitrogens with zero attached hydrogens (tertiary/aromatic N) is 3. The molecule has 0 aliphatic heterocycles. The van der Waals surface area contributed by atoms with Crippen molar-refractivity contribution in [1.82, 2.24) is 9.78 Å². The number of ether oxygens (including phenoxy) is 1. The van der Waals surface area contributed by atoms with Crippen LogP contribution in [0.1, 0.15) is 22.5 Å². The summed E-state index contributed by atoms with van der Waals surface area (Å²) in [6, 6.07) is 9.15. The molecule has 0 bridgehead atoms. The Morgan fingerprint density at radius 1 is 1.21 bits per heavy atom. The highest BCUT2D eigenvalue weighted by Crippen LogP contribution is 2.35. The number of aromatic nitrogens is 2. The van der Waals surface area contributed by atoms with E-state index in [1.807, 2.05) is 26.0 Å². The lowest BCUT2D eigenvalue weighted by Crippen LogP contribution is -2.21. The molecule has 0 unspecified atom stereocenters. The Kier molecular flexibility index (Phi) is 6.63. The van der Waals surface area contributed by atoms with Crippen molar-refractivity contribution in [3.63, 3.8) is 0 Å². The van der Waals surface area contributed by atoms with Crippen LogP contribution in [0.25, 0.3) is 0 Å². The minimum absolute atomic E-state index is 0.0291. The van der Waals surface area contributed by atoms with Gasteiger partial charge < -0.3 is 10.1 Å². The third-order valence-electron chi connectivity index (χ3n) is 4.65. The van der Waals surface area contributed by atoms with E-state index < -0.39 is 34.3 Å². The fourth-order valence-corrected chi connectivity index (χ4v) is 3.20. The summed E-state index contributed by atoms with van der Waals surface area (Å²) in [6.07, 6.45) is -4.77. The molecular formula is C21H18ClF3N4O4. The third kappa shape index (κ3) is 5.61. The van der Waals surface area contributed by atoms with Gasteiger partial charge in [0.15, 0.2) is 5.69 Å². The number of non-ortho nitro benzene ring substituents is 1. The predicted octanol–water partition coefficient (Wildman–Crippen LogP) is 5.82. The molecule has 1 N–H and O–H groups in total. The highest BCUT2D eigenvalue weighted by Gasteiger charge is 2.38. The van der Waals surface area contributed by atoms with E-state index in [4.69, 9.17) is 16.3 Å². The van der Waals surface area contributed by atoms with Crippen LogP contribution < -0.4 is 10.1 Å². The van der Waals surface area contributed by atoms with Crippen molar-refractivity contribution in [3.05, 3.63) is 74.0 Å². The van der Waals surface area contributed by atoms with Crippen molar-refractivity contribution >= 4 is 28.9 Å². The van der Waals surface area contributed by atoms with Crippen molar-refractivity contribution in [2.24, 2.45) is 0 Å². The van der Waals surface area contributed by atoms with Crippen LogP contribution in [0.2, 0.25) is 5.02 Å². The molecule has 0 aliphatic carbocycles. The molecule has 3 aromatic rings. The normalized spacial score (nSPS) is 11.4. The van der Waals surface area contributed by atoms with Gasteiger partial charge in [-0.05, 0) is 38.0 Å². The van der Waals surface area contributed by atoms with E-state index in [1.165, 1.54) is 19.1 Å². The summed E-state index contributed by atoms with van der Waals surface area (Å²) in [7, 11) is 0. The molecule has 0 fully saturated rings. The first-order chi connectivity index (χ1) is 15.3. The number of halogens is 4. The Bertz CT molecular complexity index is 1240. The van der Waals surface area contributed by atoms with Gasteiger partial charge in [-0.3, -0.25) is 19.6 Å². The summed E-state index contributed by atoms with van der Waals surface area (Å²) in [4.78, 5) is 23.1. The van der Waals surface area contributed by atoms with Crippen molar-refractivity contribution in [3.8, 4) is 11.5 Å². The zero-order valence-electron chi connectivity index (χ0n) is 17.7. The molecular weight excluding hydrogens is 465 g/mol. The van der Waals surface area contributed by atoms with E-state index in [0.717, 1.165) is 21.9 Å². The summed E-state index contributed by atoms with van der Waals surface area (Å²) in [5, 5.41) is 16.5. The lowest BCUT2D eigenvalue weighted by atomic mass is 10.1. The van der Waals surface area contributed by atoms with Gasteiger partial charge in [-0.2, -0.15) is 18.3 Å². The Balaban J connectivity index is 1.85. The highest BCUT2D eigenvalue weighted by molar-refractivity contribution is 6.32. The molecule has 174 valence electrons. The maximum atomic E-state index is 13.0. The largest absolute Gasteiger partial charge is 0.457 e. The Morgan fingerprint density at radius 3 is 2.52 bits per heavy atom. The maximum Gasteiger partial charge on any atom is 0.436 e. The molecule has 1 heterocycles. The van der Waals surface area contributed by atoms with Gasteiger partial charge in [0.1, 0.15) is 18.0 Å². The fraction of sp³-hybridized carbons (Fsp3) is 0.238. The molecule has 12 heteroatoms. The minimum Gasteiger partial charge on any atom is -0.457 e. The second-order valence-corrected chi connectivity index (χ2v) is 7.67. The van der Waals surface area contributed by atoms with Gasteiger partial charge in [-0.25, -0.2) is 0 Å². The Labute approximate surface area is 191 Å². The molecule has 2 aromatic carbocycles. The van der Waals surface area contributed by atoms with E-state index in [9.17, 15) is 28.1 Å². The fourth-order valence-electron chi connectivity index (χ4n) is 2.96. The number of alkyl halides is 3. The number of nitro groups is 1. The van der Waals surface area contributed by atoms with Gasteiger partial charge in [0.05, 0.1) is 27.4 Å². The van der Waals surface area contributed by atoms with Crippen LogP contribution in [-0.2, 0) is 17.5 Å². The summed E-state index contributed by atoms with van der Waals surface area (Å²) in [5.41, 5.74) is 0.0589. The topological polar surface area (TPSA) is 99.3 Å². The number of carbonyl (C=O) groups excluding carboxylic acids is 1. The van der Waals surface area contributed by atoms with Gasteiger partial charge in [0.2, 0.25) is 5.91 Å². The van der Waals surface area contributed by atoms with Gasteiger partial charge in [0, 0.05) is 12.1 Å². The Morgan fingerprint density at radius 2 is 1.91 bits per heavy atom. The number of nitrogens with one attached hydrogen (secondary N) is 1. The van der Waals surface area contributed by atoms with Crippen LogP contribution in [0.4, 0.5) is 24.5 Å². The number of hydrogen-bond acceptors (Lipinski definition) is 5. The minimum atomic E-state index is -4.77. The van der Waals surface area contributed by atoms with Crippen LogP contribution in [-0.4, -0.2) is 20.6 Å². The number of aryl methyl sites for hydroxylation is 2. The standard InChI is InChI=1S/C21H18ClF3N4O4/c1-11-4-5-12(2)17(6-11)33-16-8-14(7-15(9-16)29(31)32)26-18(30)10-28-13(3)19(22)20(27-28)21(23,24)25/h4-9H,10H2,1-3H3,(H,26,30). The second-order valence-electron chi connectivity index (χ2n) is 7.30. The monoisotopic (exact) mass is 482 g/mol. The molecule has 33 heavy (non-hydrogen) atoms. The first kappa shape index (κ1) is 24.1. The molecule has 3 rings (SSSR count). The Hall–Kier alpha value is -3.60. The zero-order valence-corrected chi connectivity index (χ0v) is 18.4. The van der Waals surface area contributed by atoms with E-state index in [-0.39, 0.29) is 22.8 Å². The molecule has 0 saturated carbocycles. The summed E-state index contributed by atoms with van der Waals surface area (Å²) in [6.45, 7) is 4.37. The summed E-state index contributed by atoms with van der Waals surface area (Å²) < 4.78 is 45.5. The van der Waals surface area contributed by atoms with Crippen LogP contribution in [0.15, 0.2) is 36.4 Å². The van der Waals surface area contributed by atoms with Crippen LogP contribution in [0.3, 0.4) is 0 Å². The van der Waals surface area contributed by atoms with Crippen molar-refractivity contribution < 1.29 is 27.6 Å². The molecule has 1 amide bonds. The number of amides is 1. The van der Waals surface area contributed by atoms with Crippen molar-refractivity contribution in [2.45, 2.75) is 33.5 Å². The van der Waals surface area contributed by atoms with Crippen LogP contribution in [0.5, 0.6) is 11.5 Å². The molecule has 0 saturated heterocycles. The van der Waals surface area contributed by atoms with E-state index in [1.54, 1.807) is 6.07 Å². The number of nitro benzene ring substituents is 1. The van der Waals surface area contributed by atoms with Crippen LogP contribution >= 0.6 is 11.6 Å². The molecule has 1 aromatic heterocycles. The molecule has 0 aliphatic rings. The van der Waals surface area contributed by atoms with Gasteiger partial charge in [-0.15, -0.1) is 0 Å². The third-order valence-corrected chi connectivity index (χ3v) is 5.11. The smallest absolute Gasteiger partial charge is 0.436 e. The zero-order chi connectivity index (χ0) is 24.5. The number of anilines is 1. The lowest BCUT2D eigenvalue weighted by molar-refractivity contribution is -0.384. The van der Waals surface area contributed by atoms with Crippen molar-refractivity contribution in [1.29, 1.82) is 0 Å².